The molecule has 30 heavy (non-hydrogen) atoms. The summed E-state index contributed by atoms with van der Waals surface area (Å²) in [4.78, 5) is 31.5. The topological polar surface area (TPSA) is 70.5 Å². The summed E-state index contributed by atoms with van der Waals surface area (Å²) in [5, 5.41) is 11.0. The van der Waals surface area contributed by atoms with E-state index >= 15 is 0 Å². The molecule has 1 aliphatic rings. The van der Waals surface area contributed by atoms with Crippen LogP contribution in [-0.4, -0.2) is 33.2 Å². The van der Waals surface area contributed by atoms with E-state index in [1.807, 2.05) is 49.4 Å². The smallest absolute Gasteiger partial charge is 0.295 e. The number of nitrogens with zero attached hydrogens (tertiary/aromatic N) is 2. The van der Waals surface area contributed by atoms with Crippen LogP contribution in [0.3, 0.4) is 0 Å². The Morgan fingerprint density at radius 1 is 0.967 bits per heavy atom. The number of likely N-dealkylation sites (tertiary alicyclic amines) is 1. The van der Waals surface area contributed by atoms with Crippen LogP contribution in [0.5, 0.6) is 0 Å². The molecule has 5 heteroatoms. The molecule has 1 aliphatic heterocycles. The highest BCUT2D eigenvalue weighted by atomic mass is 16.3. The summed E-state index contributed by atoms with van der Waals surface area (Å²) in [6.45, 7) is 2.32. The monoisotopic (exact) mass is 398 g/mol. The average Bonchev–Trinajstić information content (AvgIpc) is 3.04. The lowest BCUT2D eigenvalue weighted by Crippen LogP contribution is -2.31. The molecule has 2 aromatic carbocycles. The van der Waals surface area contributed by atoms with E-state index < -0.39 is 17.7 Å². The lowest BCUT2D eigenvalue weighted by Gasteiger charge is -2.25. The van der Waals surface area contributed by atoms with Crippen molar-refractivity contribution < 1.29 is 14.7 Å². The molecular formula is C25H22N2O3. The quantitative estimate of drug-likeness (QED) is 0.400. The molecule has 0 bridgehead atoms. The van der Waals surface area contributed by atoms with Gasteiger partial charge in [-0.05, 0) is 36.6 Å². The molecule has 1 N–H and O–H groups in total. The number of ketones is 1. The molecular weight excluding hydrogens is 376 g/mol. The third-order valence-electron chi connectivity index (χ3n) is 5.37. The third-order valence-corrected chi connectivity index (χ3v) is 5.37. The maximum absolute atomic E-state index is 13.0. The van der Waals surface area contributed by atoms with Gasteiger partial charge < -0.3 is 10.0 Å². The highest BCUT2D eigenvalue weighted by molar-refractivity contribution is 6.46. The van der Waals surface area contributed by atoms with E-state index in [1.54, 1.807) is 41.6 Å². The Hall–Kier alpha value is -3.73. The number of aryl methyl sites for hydroxylation is 1. The number of hydrogen-bond acceptors (Lipinski definition) is 4. The Kier molecular flexibility index (Phi) is 5.44. The van der Waals surface area contributed by atoms with Gasteiger partial charge >= 0.3 is 0 Å². The van der Waals surface area contributed by atoms with Crippen molar-refractivity contribution >= 4 is 17.4 Å². The zero-order valence-electron chi connectivity index (χ0n) is 16.7. The zero-order chi connectivity index (χ0) is 21.1. The van der Waals surface area contributed by atoms with Gasteiger partial charge in [-0.15, -0.1) is 0 Å². The Morgan fingerprint density at radius 2 is 1.63 bits per heavy atom. The molecule has 1 atom stereocenters. The normalized spacial score (nSPS) is 18.0. The van der Waals surface area contributed by atoms with E-state index in [4.69, 9.17) is 0 Å². The van der Waals surface area contributed by atoms with E-state index in [9.17, 15) is 14.7 Å². The number of aliphatic hydroxyl groups excluding tert-OH is 1. The van der Waals surface area contributed by atoms with Crippen LogP contribution < -0.4 is 0 Å². The van der Waals surface area contributed by atoms with Gasteiger partial charge in [0.05, 0.1) is 11.6 Å². The van der Waals surface area contributed by atoms with Crippen LogP contribution in [0.4, 0.5) is 0 Å². The molecule has 1 saturated heterocycles. The SMILES string of the molecule is Cc1ccc(/C(O)=C2/C(=O)C(=O)N(CCc3ccccc3)C2c2ccncc2)cc1. The number of amides is 1. The number of rotatable bonds is 5. The van der Waals surface area contributed by atoms with Crippen molar-refractivity contribution in [1.82, 2.24) is 9.88 Å². The van der Waals surface area contributed by atoms with E-state index in [0.717, 1.165) is 16.7 Å². The van der Waals surface area contributed by atoms with Crippen molar-refractivity contribution in [2.45, 2.75) is 19.4 Å². The molecule has 3 aromatic rings. The summed E-state index contributed by atoms with van der Waals surface area (Å²) in [7, 11) is 0. The van der Waals surface area contributed by atoms with Gasteiger partial charge in [-0.25, -0.2) is 0 Å². The number of carbonyl (C=O) groups excluding carboxylic acids is 2. The second-order valence-electron chi connectivity index (χ2n) is 7.37. The predicted molar refractivity (Wildman–Crippen MR) is 115 cm³/mol. The van der Waals surface area contributed by atoms with Crippen LogP contribution in [0.25, 0.3) is 5.76 Å². The fraction of sp³-hybridized carbons (Fsp3) is 0.160. The molecule has 1 aromatic heterocycles. The Labute approximate surface area is 175 Å². The lowest BCUT2D eigenvalue weighted by molar-refractivity contribution is -0.139. The first kappa shape index (κ1) is 19.6. The molecule has 1 amide bonds. The minimum absolute atomic E-state index is 0.114. The van der Waals surface area contributed by atoms with Crippen molar-refractivity contribution in [1.29, 1.82) is 0 Å². The first-order chi connectivity index (χ1) is 14.6. The van der Waals surface area contributed by atoms with Gasteiger partial charge in [-0.3, -0.25) is 14.6 Å². The number of hydrogen-bond donors (Lipinski definition) is 1. The van der Waals surface area contributed by atoms with Crippen LogP contribution in [0.2, 0.25) is 0 Å². The second-order valence-corrected chi connectivity index (χ2v) is 7.37. The van der Waals surface area contributed by atoms with E-state index in [0.29, 0.717) is 18.5 Å². The molecule has 4 rings (SSSR count). The van der Waals surface area contributed by atoms with Crippen LogP contribution in [0.15, 0.2) is 84.7 Å². The second kappa shape index (κ2) is 8.33. The molecule has 1 fully saturated rings. The van der Waals surface area contributed by atoms with Gasteiger partial charge in [-0.2, -0.15) is 0 Å². The van der Waals surface area contributed by atoms with Gasteiger partial charge in [0.25, 0.3) is 11.7 Å². The summed E-state index contributed by atoms with van der Waals surface area (Å²) >= 11 is 0. The van der Waals surface area contributed by atoms with Gasteiger partial charge in [-0.1, -0.05) is 60.2 Å². The maximum atomic E-state index is 13.0. The third kappa shape index (κ3) is 3.74. The average molecular weight is 398 g/mol. The molecule has 0 saturated carbocycles. The van der Waals surface area contributed by atoms with Crippen LogP contribution >= 0.6 is 0 Å². The molecule has 2 heterocycles. The van der Waals surface area contributed by atoms with Gasteiger partial charge in [0, 0.05) is 24.5 Å². The fourth-order valence-corrected chi connectivity index (χ4v) is 3.76. The molecule has 150 valence electrons. The first-order valence-electron chi connectivity index (χ1n) is 9.85. The predicted octanol–water partition coefficient (Wildman–Crippen LogP) is 4.05. The molecule has 0 spiro atoms. The van der Waals surface area contributed by atoms with E-state index in [1.165, 1.54) is 0 Å². The summed E-state index contributed by atoms with van der Waals surface area (Å²) in [6.07, 6.45) is 3.86. The molecule has 1 unspecified atom stereocenters. The van der Waals surface area contributed by atoms with Crippen molar-refractivity contribution in [3.8, 4) is 0 Å². The highest BCUT2D eigenvalue weighted by Crippen LogP contribution is 2.39. The number of carbonyl (C=O) groups is 2. The standard InChI is InChI=1S/C25H22N2O3/c1-17-7-9-20(10-8-17)23(28)21-22(19-11-14-26-15-12-19)27(25(30)24(21)29)16-13-18-5-3-2-4-6-18/h2-12,14-15,22,28H,13,16H2,1H3/b23-21-. The summed E-state index contributed by atoms with van der Waals surface area (Å²) in [5.41, 5.74) is 3.49. The largest absolute Gasteiger partial charge is 0.507 e. The first-order valence-corrected chi connectivity index (χ1v) is 9.85. The Morgan fingerprint density at radius 3 is 2.30 bits per heavy atom. The Balaban J connectivity index is 1.76. The summed E-state index contributed by atoms with van der Waals surface area (Å²) in [6, 6.07) is 19.9. The number of aliphatic hydroxyl groups is 1. The molecule has 5 nitrogen and oxygen atoms in total. The fourth-order valence-electron chi connectivity index (χ4n) is 3.76. The number of benzene rings is 2. The molecule has 0 aliphatic carbocycles. The maximum Gasteiger partial charge on any atom is 0.295 e. The zero-order valence-corrected chi connectivity index (χ0v) is 16.7. The van der Waals surface area contributed by atoms with Crippen molar-refractivity contribution in [2.75, 3.05) is 6.54 Å². The van der Waals surface area contributed by atoms with Crippen LogP contribution in [0, 0.1) is 6.92 Å². The van der Waals surface area contributed by atoms with E-state index in [2.05, 4.69) is 4.98 Å². The highest BCUT2D eigenvalue weighted by Gasteiger charge is 2.45. The van der Waals surface area contributed by atoms with Crippen LogP contribution in [0.1, 0.15) is 28.3 Å². The minimum atomic E-state index is -0.664. The number of aromatic nitrogens is 1. The van der Waals surface area contributed by atoms with Crippen LogP contribution in [-0.2, 0) is 16.0 Å². The lowest BCUT2D eigenvalue weighted by atomic mass is 9.95. The van der Waals surface area contributed by atoms with E-state index in [-0.39, 0.29) is 11.3 Å². The summed E-state index contributed by atoms with van der Waals surface area (Å²) in [5.74, 6) is -1.42. The van der Waals surface area contributed by atoms with Crippen molar-refractivity contribution in [2.24, 2.45) is 0 Å². The van der Waals surface area contributed by atoms with Crippen molar-refractivity contribution in [3.05, 3.63) is 107 Å². The Bertz CT molecular complexity index is 1090. The van der Waals surface area contributed by atoms with Crippen molar-refractivity contribution in [3.63, 3.8) is 0 Å². The van der Waals surface area contributed by atoms with Gasteiger partial charge in [0.1, 0.15) is 5.76 Å². The minimum Gasteiger partial charge on any atom is -0.507 e. The number of Topliss-reactive ketones (excluding diaryl/α,β-unsaturated/α-hetero) is 1. The summed E-state index contributed by atoms with van der Waals surface area (Å²) < 4.78 is 0. The molecule has 0 radical (unpaired) electrons. The number of pyridine rings is 1. The van der Waals surface area contributed by atoms with Gasteiger partial charge in [0.2, 0.25) is 0 Å². The van der Waals surface area contributed by atoms with Gasteiger partial charge in [0.15, 0.2) is 0 Å².